The number of benzene rings is 1. The van der Waals surface area contributed by atoms with Gasteiger partial charge in [-0.25, -0.2) is 0 Å². The summed E-state index contributed by atoms with van der Waals surface area (Å²) >= 11 is 0. The third-order valence-corrected chi connectivity index (χ3v) is 5.38. The van der Waals surface area contributed by atoms with Crippen LogP contribution < -0.4 is 10.5 Å². The summed E-state index contributed by atoms with van der Waals surface area (Å²) in [5, 5.41) is 0.928. The largest absolute Gasteiger partial charge is 0.497 e. The maximum absolute atomic E-state index is 13.3. The van der Waals surface area contributed by atoms with Gasteiger partial charge in [0.1, 0.15) is 5.75 Å². The van der Waals surface area contributed by atoms with Crippen LogP contribution in [-0.4, -0.2) is 41.5 Å². The van der Waals surface area contributed by atoms with Crippen LogP contribution in [0, 0.1) is 12.8 Å². The van der Waals surface area contributed by atoms with Crippen LogP contribution in [0.15, 0.2) is 18.2 Å². The summed E-state index contributed by atoms with van der Waals surface area (Å²) in [4.78, 5) is 26.5. The number of methoxy groups -OCH3 is 1. The summed E-state index contributed by atoms with van der Waals surface area (Å²) in [6.45, 7) is 6.13. The number of nitrogens with two attached hydrogens (primary N) is 1. The monoisotopic (exact) mass is 357 g/mol. The number of amides is 2. The molecule has 1 saturated heterocycles. The van der Waals surface area contributed by atoms with E-state index in [0.717, 1.165) is 40.9 Å². The van der Waals surface area contributed by atoms with E-state index in [4.69, 9.17) is 10.5 Å². The van der Waals surface area contributed by atoms with Crippen LogP contribution in [0.1, 0.15) is 42.2 Å². The minimum atomic E-state index is -0.266. The van der Waals surface area contributed by atoms with Crippen LogP contribution in [-0.2, 0) is 11.3 Å². The number of ether oxygens (including phenoxy) is 1. The number of nitrogens with zero attached hydrogens (tertiary/aromatic N) is 2. The Morgan fingerprint density at radius 2 is 1.96 bits per heavy atom. The Balaban J connectivity index is 1.99. The number of carbonyl (C=O) groups excluding carboxylic acids is 2. The Labute approximate surface area is 153 Å². The molecule has 1 fully saturated rings. The average molecular weight is 357 g/mol. The van der Waals surface area contributed by atoms with Gasteiger partial charge in [-0.15, -0.1) is 0 Å². The fourth-order valence-corrected chi connectivity index (χ4v) is 3.90. The number of aromatic nitrogens is 1. The zero-order valence-electron chi connectivity index (χ0n) is 15.7. The van der Waals surface area contributed by atoms with Gasteiger partial charge in [0.05, 0.1) is 12.7 Å². The lowest BCUT2D eigenvalue weighted by atomic mass is 9.95. The van der Waals surface area contributed by atoms with Crippen LogP contribution in [0.2, 0.25) is 0 Å². The third kappa shape index (κ3) is 3.16. The molecular weight excluding hydrogens is 330 g/mol. The zero-order chi connectivity index (χ0) is 18.8. The number of hydrogen-bond acceptors (Lipinski definition) is 3. The van der Waals surface area contributed by atoms with Crippen molar-refractivity contribution >= 4 is 22.7 Å². The Morgan fingerprint density at radius 3 is 2.54 bits per heavy atom. The van der Waals surface area contributed by atoms with Gasteiger partial charge in [0.25, 0.3) is 5.91 Å². The van der Waals surface area contributed by atoms with Crippen molar-refractivity contribution < 1.29 is 14.3 Å². The fraction of sp³-hybridized carbons (Fsp3) is 0.500. The lowest BCUT2D eigenvalue weighted by molar-refractivity contribution is -0.123. The molecule has 3 rings (SSSR count). The minimum absolute atomic E-state index is 0.0264. The van der Waals surface area contributed by atoms with Gasteiger partial charge < -0.3 is 19.9 Å². The Morgan fingerprint density at radius 1 is 1.27 bits per heavy atom. The van der Waals surface area contributed by atoms with Gasteiger partial charge in [-0.1, -0.05) is 6.92 Å². The van der Waals surface area contributed by atoms with E-state index in [2.05, 4.69) is 11.5 Å². The standard InChI is InChI=1S/C20H27N3O3/c1-4-9-23-13(2)18(16-12-15(26-3)5-6-17(16)23)20(25)22-10-7-14(8-11-22)19(21)24/h5-6,12,14H,4,7-11H2,1-3H3,(H2,21,24). The normalized spacial score (nSPS) is 15.4. The number of aryl methyl sites for hydroxylation is 1. The van der Waals surface area contributed by atoms with E-state index in [1.807, 2.05) is 30.0 Å². The molecule has 0 aliphatic carbocycles. The molecule has 2 N–H and O–H groups in total. The predicted molar refractivity (Wildman–Crippen MR) is 101 cm³/mol. The van der Waals surface area contributed by atoms with E-state index < -0.39 is 0 Å². The molecule has 0 unspecified atom stereocenters. The molecule has 6 heteroatoms. The van der Waals surface area contributed by atoms with E-state index in [1.165, 1.54) is 0 Å². The van der Waals surface area contributed by atoms with Crippen molar-refractivity contribution in [1.29, 1.82) is 0 Å². The molecule has 0 bridgehead atoms. The second kappa shape index (κ2) is 7.40. The summed E-state index contributed by atoms with van der Waals surface area (Å²) in [6, 6.07) is 5.89. The highest BCUT2D eigenvalue weighted by molar-refractivity contribution is 6.08. The summed E-state index contributed by atoms with van der Waals surface area (Å²) in [6.07, 6.45) is 2.27. The fourth-order valence-electron chi connectivity index (χ4n) is 3.90. The summed E-state index contributed by atoms with van der Waals surface area (Å²) < 4.78 is 7.57. The second-order valence-corrected chi connectivity index (χ2v) is 6.96. The van der Waals surface area contributed by atoms with Crippen LogP contribution in [0.5, 0.6) is 5.75 Å². The van der Waals surface area contributed by atoms with Crippen molar-refractivity contribution in [1.82, 2.24) is 9.47 Å². The van der Waals surface area contributed by atoms with E-state index in [1.54, 1.807) is 7.11 Å². The number of hydrogen-bond donors (Lipinski definition) is 1. The Hall–Kier alpha value is -2.50. The molecule has 1 aromatic heterocycles. The summed E-state index contributed by atoms with van der Waals surface area (Å²) in [7, 11) is 1.63. The number of piperidine rings is 1. The third-order valence-electron chi connectivity index (χ3n) is 5.38. The molecule has 0 radical (unpaired) electrons. The molecule has 0 saturated carbocycles. The van der Waals surface area contributed by atoms with Crippen molar-refractivity contribution in [2.75, 3.05) is 20.2 Å². The molecule has 140 valence electrons. The number of rotatable bonds is 5. The highest BCUT2D eigenvalue weighted by atomic mass is 16.5. The SMILES string of the molecule is CCCn1c(C)c(C(=O)N2CCC(C(N)=O)CC2)c2cc(OC)ccc21. The maximum atomic E-state index is 13.3. The van der Waals surface area contributed by atoms with Gasteiger partial charge in [0.15, 0.2) is 0 Å². The molecule has 2 heterocycles. The molecule has 0 atom stereocenters. The van der Waals surface area contributed by atoms with Gasteiger partial charge >= 0.3 is 0 Å². The molecule has 2 aromatic rings. The van der Waals surface area contributed by atoms with Gasteiger partial charge in [0.2, 0.25) is 5.91 Å². The lowest BCUT2D eigenvalue weighted by Gasteiger charge is -2.30. The molecule has 2 amide bonds. The average Bonchev–Trinajstić information content (AvgIpc) is 2.92. The molecule has 26 heavy (non-hydrogen) atoms. The first-order chi connectivity index (χ1) is 12.5. The number of fused-ring (bicyclic) bond motifs is 1. The van der Waals surface area contributed by atoms with Crippen LogP contribution in [0.3, 0.4) is 0 Å². The van der Waals surface area contributed by atoms with E-state index in [-0.39, 0.29) is 17.7 Å². The van der Waals surface area contributed by atoms with Gasteiger partial charge in [-0.3, -0.25) is 9.59 Å². The van der Waals surface area contributed by atoms with E-state index >= 15 is 0 Å². The van der Waals surface area contributed by atoms with Gasteiger partial charge in [0, 0.05) is 42.1 Å². The minimum Gasteiger partial charge on any atom is -0.497 e. The van der Waals surface area contributed by atoms with Crippen molar-refractivity contribution in [3.8, 4) is 5.75 Å². The zero-order valence-corrected chi connectivity index (χ0v) is 15.7. The number of likely N-dealkylation sites (tertiary alicyclic amines) is 1. The van der Waals surface area contributed by atoms with Gasteiger partial charge in [-0.2, -0.15) is 0 Å². The lowest BCUT2D eigenvalue weighted by Crippen LogP contribution is -2.41. The Kier molecular flexibility index (Phi) is 5.20. The van der Waals surface area contributed by atoms with Crippen molar-refractivity contribution in [3.05, 3.63) is 29.5 Å². The highest BCUT2D eigenvalue weighted by Gasteiger charge is 2.29. The van der Waals surface area contributed by atoms with Crippen molar-refractivity contribution in [2.24, 2.45) is 11.7 Å². The van der Waals surface area contributed by atoms with Crippen molar-refractivity contribution in [3.63, 3.8) is 0 Å². The maximum Gasteiger partial charge on any atom is 0.256 e. The molecular formula is C20H27N3O3. The van der Waals surface area contributed by atoms with Crippen LogP contribution >= 0.6 is 0 Å². The first-order valence-corrected chi connectivity index (χ1v) is 9.23. The molecule has 6 nitrogen and oxygen atoms in total. The molecule has 1 aromatic carbocycles. The summed E-state index contributed by atoms with van der Waals surface area (Å²) in [5.41, 5.74) is 8.19. The first-order valence-electron chi connectivity index (χ1n) is 9.23. The molecule has 1 aliphatic rings. The Bertz CT molecular complexity index is 832. The van der Waals surface area contributed by atoms with Crippen LogP contribution in [0.25, 0.3) is 10.9 Å². The van der Waals surface area contributed by atoms with Gasteiger partial charge in [-0.05, 0) is 44.4 Å². The smallest absolute Gasteiger partial charge is 0.256 e. The first kappa shape index (κ1) is 18.3. The van der Waals surface area contributed by atoms with E-state index in [0.29, 0.717) is 25.9 Å². The topological polar surface area (TPSA) is 77.6 Å². The second-order valence-electron chi connectivity index (χ2n) is 6.96. The predicted octanol–water partition coefficient (Wildman–Crippen LogP) is 2.71. The molecule has 1 aliphatic heterocycles. The van der Waals surface area contributed by atoms with Crippen LogP contribution in [0.4, 0.5) is 0 Å². The number of primary amides is 1. The highest BCUT2D eigenvalue weighted by Crippen LogP contribution is 2.31. The number of carbonyl (C=O) groups is 2. The quantitative estimate of drug-likeness (QED) is 0.894. The van der Waals surface area contributed by atoms with Crippen molar-refractivity contribution in [2.45, 2.75) is 39.7 Å². The summed E-state index contributed by atoms with van der Waals surface area (Å²) in [5.74, 6) is 0.380. The molecule has 0 spiro atoms. The van der Waals surface area contributed by atoms with E-state index in [9.17, 15) is 9.59 Å².